The number of aromatic nitrogens is 1. The molecule has 35 heavy (non-hydrogen) atoms. The van der Waals surface area contributed by atoms with Crippen molar-refractivity contribution in [3.8, 4) is 17.0 Å². The van der Waals surface area contributed by atoms with Crippen molar-refractivity contribution in [1.82, 2.24) is 4.68 Å². The number of nitrogens with one attached hydrogen (secondary N) is 1. The predicted molar refractivity (Wildman–Crippen MR) is 132 cm³/mol. The minimum absolute atomic E-state index is 0.0464. The number of hydrogen-bond acceptors (Lipinski definition) is 8. The fraction of sp³-hybridized carbons (Fsp3) is 0.0455. The molecule has 0 fully saturated rings. The molecule has 10 nitrogen and oxygen atoms in total. The summed E-state index contributed by atoms with van der Waals surface area (Å²) >= 11 is 13.6. The maximum absolute atomic E-state index is 11.8. The lowest BCUT2D eigenvalue weighted by atomic mass is 10.1. The molecule has 4 aromatic rings. The molecule has 0 saturated carbocycles. The summed E-state index contributed by atoms with van der Waals surface area (Å²) < 4.78 is 12.1. The van der Waals surface area contributed by atoms with Gasteiger partial charge in [-0.3, -0.25) is 14.9 Å². The molecule has 0 radical (unpaired) electrons. The quantitative estimate of drug-likeness (QED) is 0.208. The van der Waals surface area contributed by atoms with Gasteiger partial charge in [-0.1, -0.05) is 23.2 Å². The largest absolute Gasteiger partial charge is 0.482 e. The highest BCUT2D eigenvalue weighted by atomic mass is 35.5. The molecule has 3 heterocycles. The first-order valence-corrected chi connectivity index (χ1v) is 11.6. The molecule has 5 rings (SSSR count). The van der Waals surface area contributed by atoms with Crippen LogP contribution in [0.25, 0.3) is 11.3 Å². The monoisotopic (exact) mass is 529 g/mol. The van der Waals surface area contributed by atoms with E-state index in [2.05, 4.69) is 15.4 Å². The third-order valence-electron chi connectivity index (χ3n) is 4.81. The fourth-order valence-electron chi connectivity index (χ4n) is 3.23. The van der Waals surface area contributed by atoms with Crippen molar-refractivity contribution in [2.24, 2.45) is 10.1 Å². The Kier molecular flexibility index (Phi) is 6.12. The summed E-state index contributed by atoms with van der Waals surface area (Å²) in [5.41, 5.74) is 2.37. The molecular formula is C22H13Cl2N5O5S. The number of furan rings is 1. The number of nitrogens with zero attached hydrogens (tertiary/aromatic N) is 4. The van der Waals surface area contributed by atoms with Crippen LogP contribution >= 0.6 is 34.5 Å². The third-order valence-corrected chi connectivity index (χ3v) is 6.17. The van der Waals surface area contributed by atoms with Gasteiger partial charge < -0.3 is 14.5 Å². The van der Waals surface area contributed by atoms with Gasteiger partial charge in [0, 0.05) is 16.0 Å². The lowest BCUT2D eigenvalue weighted by Crippen LogP contribution is -2.25. The maximum Gasteiger partial charge on any atom is 0.433 e. The summed E-state index contributed by atoms with van der Waals surface area (Å²) in [5.74, 6) is 0.0888. The van der Waals surface area contributed by atoms with Crippen LogP contribution in [0.3, 0.4) is 0 Å². The summed E-state index contributed by atoms with van der Waals surface area (Å²) in [6, 6.07) is 12.9. The highest BCUT2D eigenvalue weighted by Crippen LogP contribution is 2.33. The molecule has 13 heteroatoms. The van der Waals surface area contributed by atoms with Crippen LogP contribution in [0, 0.1) is 10.1 Å². The molecule has 0 bridgehead atoms. The Morgan fingerprint density at radius 1 is 1.17 bits per heavy atom. The Bertz CT molecular complexity index is 1570. The van der Waals surface area contributed by atoms with Crippen LogP contribution in [0.1, 0.15) is 5.76 Å². The molecule has 0 unspecified atom stereocenters. The molecular weight excluding hydrogens is 517 g/mol. The molecule has 176 valence electrons. The molecule has 1 aliphatic heterocycles. The van der Waals surface area contributed by atoms with E-state index in [0.29, 0.717) is 37.7 Å². The van der Waals surface area contributed by atoms with Gasteiger partial charge in [0.15, 0.2) is 12.4 Å². The standard InChI is InChI=1S/C22H13Cl2N5O5S/c23-13-2-4-16(15(24)8-13)27-22-28(25-9-14-3-6-21(34-14)29(31)32)18(11-35-22)12-1-5-19-17(7-12)26-20(30)10-33-19/h1-9,11H,10H2,(H,26,30). The minimum atomic E-state index is -0.632. The van der Waals surface area contributed by atoms with Crippen molar-refractivity contribution in [2.75, 3.05) is 11.9 Å². The van der Waals surface area contributed by atoms with Gasteiger partial charge in [0.2, 0.25) is 4.80 Å². The number of rotatable bonds is 5. The van der Waals surface area contributed by atoms with Crippen molar-refractivity contribution in [1.29, 1.82) is 0 Å². The van der Waals surface area contributed by atoms with Gasteiger partial charge >= 0.3 is 5.88 Å². The number of hydrogen-bond donors (Lipinski definition) is 1. The van der Waals surface area contributed by atoms with Crippen LogP contribution in [-0.2, 0) is 4.79 Å². The van der Waals surface area contributed by atoms with Crippen molar-refractivity contribution >= 4 is 63.9 Å². The normalized spacial score (nSPS) is 13.5. The highest BCUT2D eigenvalue weighted by Gasteiger charge is 2.18. The van der Waals surface area contributed by atoms with E-state index < -0.39 is 10.8 Å². The summed E-state index contributed by atoms with van der Waals surface area (Å²) in [7, 11) is 0. The first kappa shape index (κ1) is 22.8. The smallest absolute Gasteiger partial charge is 0.433 e. The van der Waals surface area contributed by atoms with Crippen LogP contribution in [0.2, 0.25) is 10.0 Å². The number of halogens is 2. The SMILES string of the molecule is O=C1COc2ccc(-c3csc(=Nc4ccc(Cl)cc4Cl)n3N=Cc3ccc([N+](=O)[O-])o3)cc2N1. The molecule has 2 aromatic carbocycles. The second-order valence-electron chi connectivity index (χ2n) is 7.15. The Morgan fingerprint density at radius 2 is 2.03 bits per heavy atom. The zero-order valence-corrected chi connectivity index (χ0v) is 19.8. The number of fused-ring (bicyclic) bond motifs is 1. The number of thiazole rings is 1. The number of carbonyl (C=O) groups is 1. The summed E-state index contributed by atoms with van der Waals surface area (Å²) in [6.07, 6.45) is 1.34. The Balaban J connectivity index is 1.62. The van der Waals surface area contributed by atoms with Crippen LogP contribution in [0.4, 0.5) is 17.3 Å². The summed E-state index contributed by atoms with van der Waals surface area (Å²) in [4.78, 5) is 27.1. The highest BCUT2D eigenvalue weighted by molar-refractivity contribution is 7.07. The second-order valence-corrected chi connectivity index (χ2v) is 8.83. The first-order chi connectivity index (χ1) is 16.9. The Hall–Kier alpha value is -3.93. The topological polar surface area (TPSA) is 124 Å². The molecule has 0 saturated heterocycles. The predicted octanol–water partition coefficient (Wildman–Crippen LogP) is 5.47. The number of anilines is 1. The zero-order chi connectivity index (χ0) is 24.5. The first-order valence-electron chi connectivity index (χ1n) is 9.93. The minimum Gasteiger partial charge on any atom is -0.482 e. The van der Waals surface area contributed by atoms with Crippen molar-refractivity contribution < 1.29 is 18.9 Å². The molecule has 0 aliphatic carbocycles. The van der Waals surface area contributed by atoms with Gasteiger partial charge in [-0.25, -0.2) is 9.67 Å². The van der Waals surface area contributed by atoms with Gasteiger partial charge in [-0.15, -0.1) is 11.3 Å². The molecule has 2 aromatic heterocycles. The van der Waals surface area contributed by atoms with E-state index in [1.165, 1.54) is 34.4 Å². The van der Waals surface area contributed by atoms with Crippen LogP contribution in [0.15, 0.2) is 68.4 Å². The van der Waals surface area contributed by atoms with Crippen molar-refractivity contribution in [2.45, 2.75) is 0 Å². The van der Waals surface area contributed by atoms with Gasteiger partial charge in [0.05, 0.1) is 34.4 Å². The average molecular weight is 530 g/mol. The van der Waals surface area contributed by atoms with E-state index in [1.807, 2.05) is 11.4 Å². The number of amides is 1. The fourth-order valence-corrected chi connectivity index (χ4v) is 4.53. The van der Waals surface area contributed by atoms with Gasteiger partial charge in [-0.05, 0) is 42.5 Å². The number of benzene rings is 2. The van der Waals surface area contributed by atoms with Crippen molar-refractivity contribution in [3.63, 3.8) is 0 Å². The molecule has 0 atom stereocenters. The Labute approximate surface area is 210 Å². The van der Waals surface area contributed by atoms with E-state index in [-0.39, 0.29) is 18.3 Å². The molecule has 1 aliphatic rings. The lowest BCUT2D eigenvalue weighted by Gasteiger charge is -2.18. The van der Waals surface area contributed by atoms with Crippen LogP contribution < -0.4 is 14.9 Å². The van der Waals surface area contributed by atoms with E-state index in [4.69, 9.17) is 32.4 Å². The summed E-state index contributed by atoms with van der Waals surface area (Å²) in [6.45, 7) is -0.0464. The van der Waals surface area contributed by atoms with E-state index in [9.17, 15) is 14.9 Å². The number of carbonyl (C=O) groups excluding carboxylic acids is 1. The van der Waals surface area contributed by atoms with Gasteiger partial charge in [-0.2, -0.15) is 5.10 Å². The van der Waals surface area contributed by atoms with E-state index in [0.717, 1.165) is 5.56 Å². The van der Waals surface area contributed by atoms with E-state index >= 15 is 0 Å². The van der Waals surface area contributed by atoms with Crippen LogP contribution in [-0.4, -0.2) is 28.3 Å². The van der Waals surface area contributed by atoms with Gasteiger partial charge in [0.1, 0.15) is 10.7 Å². The number of ether oxygens (including phenoxy) is 1. The van der Waals surface area contributed by atoms with Gasteiger partial charge in [0.25, 0.3) is 5.91 Å². The summed E-state index contributed by atoms with van der Waals surface area (Å²) in [5, 5.41) is 20.8. The maximum atomic E-state index is 11.8. The molecule has 0 spiro atoms. The molecule has 1 N–H and O–H groups in total. The van der Waals surface area contributed by atoms with Crippen LogP contribution in [0.5, 0.6) is 5.75 Å². The average Bonchev–Trinajstić information content (AvgIpc) is 3.46. The Morgan fingerprint density at radius 3 is 2.80 bits per heavy atom. The number of nitro groups is 1. The second kappa shape index (κ2) is 9.37. The molecule has 1 amide bonds. The zero-order valence-electron chi connectivity index (χ0n) is 17.5. The third kappa shape index (κ3) is 4.83. The van der Waals surface area contributed by atoms with E-state index in [1.54, 1.807) is 30.3 Å². The lowest BCUT2D eigenvalue weighted by molar-refractivity contribution is -0.402. The van der Waals surface area contributed by atoms with Crippen molar-refractivity contribution in [3.05, 3.63) is 84.6 Å².